The summed E-state index contributed by atoms with van der Waals surface area (Å²) in [7, 11) is 0. The molecule has 1 aromatic heterocycles. The molecule has 5 rings (SSSR count). The Morgan fingerprint density at radius 3 is 2.12 bits per heavy atom. The van der Waals surface area contributed by atoms with Crippen LogP contribution in [0.15, 0.2) is 77.7 Å². The largest absolute Gasteiger partial charge is 0.457 e. The van der Waals surface area contributed by atoms with E-state index < -0.39 is 5.97 Å². The van der Waals surface area contributed by atoms with Crippen molar-refractivity contribution >= 4 is 16.9 Å². The summed E-state index contributed by atoms with van der Waals surface area (Å²) in [6.45, 7) is -0.0510. The molecular weight excluding hydrogens is 424 g/mol. The summed E-state index contributed by atoms with van der Waals surface area (Å²) < 4.78 is 33.7. The minimum atomic E-state index is -0.704. The number of hydrogen-bond acceptors (Lipinski definition) is 3. The standard InChI is InChI=1S/C27H21F2NO3/c28-20-6-1-17(2-7-20)13-19-5-12-25-23(14-19)26(31)24(15-30(25)22-10-11-22)27(32)33-16-18-3-8-21(29)9-4-18/h1-9,12,14-15,22H,10-11,13,16H2. The Bertz CT molecular complexity index is 1390. The first kappa shape index (κ1) is 21.1. The number of fused-ring (bicyclic) bond motifs is 1. The molecule has 166 valence electrons. The fourth-order valence-electron chi connectivity index (χ4n) is 3.96. The van der Waals surface area contributed by atoms with Crippen molar-refractivity contribution in [2.75, 3.05) is 0 Å². The van der Waals surface area contributed by atoms with Crippen LogP contribution in [-0.4, -0.2) is 10.5 Å². The van der Waals surface area contributed by atoms with Crippen LogP contribution in [0, 0.1) is 11.6 Å². The van der Waals surface area contributed by atoms with Crippen LogP contribution in [0.3, 0.4) is 0 Å². The van der Waals surface area contributed by atoms with Gasteiger partial charge in [-0.2, -0.15) is 0 Å². The third kappa shape index (κ3) is 4.55. The predicted molar refractivity (Wildman–Crippen MR) is 121 cm³/mol. The molecule has 1 aliphatic rings. The van der Waals surface area contributed by atoms with Gasteiger partial charge < -0.3 is 9.30 Å². The molecule has 1 heterocycles. The fraction of sp³-hybridized carbons (Fsp3) is 0.185. The van der Waals surface area contributed by atoms with Gasteiger partial charge in [0.25, 0.3) is 0 Å². The Labute approximate surface area is 189 Å². The number of hydrogen-bond donors (Lipinski definition) is 0. The van der Waals surface area contributed by atoms with Crippen molar-refractivity contribution in [3.8, 4) is 0 Å². The molecule has 0 unspecified atom stereocenters. The van der Waals surface area contributed by atoms with Crippen LogP contribution >= 0.6 is 0 Å². The zero-order valence-electron chi connectivity index (χ0n) is 17.8. The van der Waals surface area contributed by atoms with Gasteiger partial charge in [-0.05, 0) is 72.4 Å². The third-order valence-electron chi connectivity index (χ3n) is 5.86. The van der Waals surface area contributed by atoms with E-state index in [-0.39, 0.29) is 35.3 Å². The molecule has 4 nitrogen and oxygen atoms in total. The Kier molecular flexibility index (Phi) is 5.50. The molecule has 0 atom stereocenters. The number of aromatic nitrogens is 1. The van der Waals surface area contributed by atoms with Crippen LogP contribution in [-0.2, 0) is 17.8 Å². The number of ether oxygens (including phenoxy) is 1. The first-order chi connectivity index (χ1) is 16.0. The molecule has 33 heavy (non-hydrogen) atoms. The van der Waals surface area contributed by atoms with E-state index >= 15 is 0 Å². The Morgan fingerprint density at radius 1 is 0.879 bits per heavy atom. The van der Waals surface area contributed by atoms with Crippen molar-refractivity contribution in [2.45, 2.75) is 31.9 Å². The molecule has 0 aliphatic heterocycles. The van der Waals surface area contributed by atoms with E-state index in [9.17, 15) is 18.4 Å². The first-order valence-corrected chi connectivity index (χ1v) is 10.8. The molecule has 1 aliphatic carbocycles. The molecular formula is C27H21F2NO3. The van der Waals surface area contributed by atoms with Crippen LogP contribution in [0.1, 0.15) is 45.9 Å². The zero-order valence-corrected chi connectivity index (χ0v) is 17.8. The van der Waals surface area contributed by atoms with E-state index in [0.717, 1.165) is 29.5 Å². The second kappa shape index (κ2) is 8.62. The molecule has 6 heteroatoms. The van der Waals surface area contributed by atoms with Crippen LogP contribution < -0.4 is 5.43 Å². The molecule has 0 N–H and O–H groups in total. The second-order valence-corrected chi connectivity index (χ2v) is 8.37. The van der Waals surface area contributed by atoms with Crippen molar-refractivity contribution in [3.63, 3.8) is 0 Å². The average molecular weight is 445 g/mol. The number of carbonyl (C=O) groups is 1. The van der Waals surface area contributed by atoms with Gasteiger partial charge in [-0.25, -0.2) is 13.6 Å². The van der Waals surface area contributed by atoms with E-state index in [2.05, 4.69) is 0 Å². The maximum atomic E-state index is 13.3. The number of rotatable bonds is 6. The van der Waals surface area contributed by atoms with Gasteiger partial charge in [-0.3, -0.25) is 4.79 Å². The highest BCUT2D eigenvalue weighted by atomic mass is 19.1. The number of pyridine rings is 1. The minimum absolute atomic E-state index is 0.0181. The van der Waals surface area contributed by atoms with Crippen molar-refractivity contribution in [3.05, 3.63) is 117 Å². The quantitative estimate of drug-likeness (QED) is 0.365. The summed E-state index contributed by atoms with van der Waals surface area (Å²) >= 11 is 0. The molecule has 0 radical (unpaired) electrons. The number of nitrogens with zero attached hydrogens (tertiary/aromatic N) is 1. The number of benzene rings is 3. The molecule has 1 fully saturated rings. The Morgan fingerprint density at radius 2 is 1.48 bits per heavy atom. The van der Waals surface area contributed by atoms with Gasteiger partial charge >= 0.3 is 5.97 Å². The van der Waals surface area contributed by atoms with Gasteiger partial charge in [0.1, 0.15) is 23.8 Å². The minimum Gasteiger partial charge on any atom is -0.457 e. The van der Waals surface area contributed by atoms with E-state index in [1.807, 2.05) is 16.7 Å². The van der Waals surface area contributed by atoms with Crippen molar-refractivity contribution in [1.29, 1.82) is 0 Å². The maximum Gasteiger partial charge on any atom is 0.343 e. The fourth-order valence-corrected chi connectivity index (χ4v) is 3.96. The van der Waals surface area contributed by atoms with Crippen molar-refractivity contribution in [2.24, 2.45) is 0 Å². The smallest absolute Gasteiger partial charge is 0.343 e. The highest BCUT2D eigenvalue weighted by Gasteiger charge is 2.27. The summed E-state index contributed by atoms with van der Waals surface area (Å²) in [5.41, 5.74) is 2.83. The van der Waals surface area contributed by atoms with Crippen LogP contribution in [0.2, 0.25) is 0 Å². The van der Waals surface area contributed by atoms with Crippen LogP contribution in [0.25, 0.3) is 10.9 Å². The molecule has 1 saturated carbocycles. The third-order valence-corrected chi connectivity index (χ3v) is 5.86. The normalized spacial score (nSPS) is 13.3. The maximum absolute atomic E-state index is 13.3. The highest BCUT2D eigenvalue weighted by Crippen LogP contribution is 2.37. The van der Waals surface area contributed by atoms with E-state index in [1.54, 1.807) is 24.4 Å². The average Bonchev–Trinajstić information content (AvgIpc) is 3.66. The zero-order chi connectivity index (χ0) is 22.9. The second-order valence-electron chi connectivity index (χ2n) is 8.37. The lowest BCUT2D eigenvalue weighted by Gasteiger charge is -2.14. The van der Waals surface area contributed by atoms with Crippen molar-refractivity contribution < 1.29 is 18.3 Å². The molecule has 0 amide bonds. The van der Waals surface area contributed by atoms with Gasteiger partial charge in [0, 0.05) is 17.6 Å². The summed E-state index contributed by atoms with van der Waals surface area (Å²) in [6.07, 6.45) is 4.10. The lowest BCUT2D eigenvalue weighted by molar-refractivity contribution is 0.0470. The van der Waals surface area contributed by atoms with Gasteiger partial charge in [-0.1, -0.05) is 30.3 Å². The van der Waals surface area contributed by atoms with Crippen LogP contribution in [0.5, 0.6) is 0 Å². The van der Waals surface area contributed by atoms with E-state index in [1.165, 1.54) is 36.4 Å². The van der Waals surface area contributed by atoms with E-state index in [0.29, 0.717) is 17.4 Å². The van der Waals surface area contributed by atoms with Gasteiger partial charge in [0.15, 0.2) is 0 Å². The highest BCUT2D eigenvalue weighted by molar-refractivity contribution is 5.94. The number of carbonyl (C=O) groups excluding carboxylic acids is 1. The molecule has 4 aromatic rings. The predicted octanol–water partition coefficient (Wildman–Crippen LogP) is 5.56. The Hall–Kier alpha value is -3.80. The molecule has 0 spiro atoms. The SMILES string of the molecule is O=C(OCc1ccc(F)cc1)c1cn(C2CC2)c2ccc(Cc3ccc(F)cc3)cc2c1=O. The van der Waals surface area contributed by atoms with E-state index in [4.69, 9.17) is 4.74 Å². The number of halogens is 2. The van der Waals surface area contributed by atoms with Crippen molar-refractivity contribution in [1.82, 2.24) is 4.57 Å². The lowest BCUT2D eigenvalue weighted by Crippen LogP contribution is -2.21. The monoisotopic (exact) mass is 445 g/mol. The summed E-state index contributed by atoms with van der Waals surface area (Å²) in [5, 5.41) is 0.456. The topological polar surface area (TPSA) is 48.3 Å². The van der Waals surface area contributed by atoms with Gasteiger partial charge in [0.2, 0.25) is 5.43 Å². The first-order valence-electron chi connectivity index (χ1n) is 10.8. The summed E-state index contributed by atoms with van der Waals surface area (Å²) in [4.78, 5) is 26.1. The summed E-state index contributed by atoms with van der Waals surface area (Å²) in [6, 6.07) is 17.8. The Balaban J connectivity index is 1.48. The molecule has 0 bridgehead atoms. The molecule has 0 saturated heterocycles. The van der Waals surface area contributed by atoms with Gasteiger partial charge in [0.05, 0.1) is 5.52 Å². The number of esters is 1. The van der Waals surface area contributed by atoms with Crippen LogP contribution in [0.4, 0.5) is 8.78 Å². The molecule has 3 aromatic carbocycles. The van der Waals surface area contributed by atoms with Gasteiger partial charge in [-0.15, -0.1) is 0 Å². The lowest BCUT2D eigenvalue weighted by atomic mass is 10.0. The summed E-state index contributed by atoms with van der Waals surface area (Å²) in [5.74, 6) is -1.37.